The summed E-state index contributed by atoms with van der Waals surface area (Å²) in [4.78, 5) is 15.1. The normalized spacial score (nSPS) is 25.9. The molecule has 2 fully saturated rings. The Balaban J connectivity index is 1.83. The Morgan fingerprint density at radius 1 is 1.17 bits per heavy atom. The van der Waals surface area contributed by atoms with Crippen LogP contribution >= 0.6 is 0 Å². The van der Waals surface area contributed by atoms with Gasteiger partial charge in [-0.3, -0.25) is 0 Å². The molecule has 1 aromatic carbocycles. The maximum absolute atomic E-state index is 12.9. The van der Waals surface area contributed by atoms with Gasteiger partial charge in [0.05, 0.1) is 0 Å². The Morgan fingerprint density at radius 2 is 1.87 bits per heavy atom. The Bertz CT molecular complexity index is 527. The smallest absolute Gasteiger partial charge is 0.343 e. The van der Waals surface area contributed by atoms with Crippen LogP contribution in [0.1, 0.15) is 44.1 Å². The summed E-state index contributed by atoms with van der Waals surface area (Å²) in [6, 6.07) is 9.34. The molecule has 1 saturated heterocycles. The highest BCUT2D eigenvalue weighted by molar-refractivity contribution is 5.81. The van der Waals surface area contributed by atoms with E-state index in [9.17, 15) is 9.90 Å². The Morgan fingerprint density at radius 3 is 2.48 bits per heavy atom. The quantitative estimate of drug-likeness (QED) is 0.868. The molecule has 126 valence electrons. The molecule has 3 rings (SSSR count). The molecule has 1 N–H and O–H groups in total. The number of ether oxygens (including phenoxy) is 1. The molecule has 4 nitrogen and oxygen atoms in total. The molecule has 23 heavy (non-hydrogen) atoms. The standard InChI is InChI=1S/C19H27NO3/c1-20-13-12-17(14-20)23-18(21)19(22,15-8-4-2-5-9-15)16-10-6-3-7-11-16/h2,4-5,8-9,16-17,22H,3,6-7,10-14H2,1H3/t17-,19?/m0/s1. The fraction of sp³-hybridized carbons (Fsp3) is 0.632. The second-order valence-electron chi connectivity index (χ2n) is 7.05. The third kappa shape index (κ3) is 3.43. The van der Waals surface area contributed by atoms with Gasteiger partial charge in [-0.25, -0.2) is 4.79 Å². The van der Waals surface area contributed by atoms with Crippen molar-refractivity contribution >= 4 is 5.97 Å². The number of hydrogen-bond acceptors (Lipinski definition) is 4. The highest BCUT2D eigenvalue weighted by atomic mass is 16.6. The number of nitrogens with zero attached hydrogens (tertiary/aromatic N) is 1. The van der Waals surface area contributed by atoms with E-state index in [1.54, 1.807) is 0 Å². The van der Waals surface area contributed by atoms with Gasteiger partial charge >= 0.3 is 5.97 Å². The van der Waals surface area contributed by atoms with Crippen LogP contribution in [0.15, 0.2) is 30.3 Å². The maximum Gasteiger partial charge on any atom is 0.343 e. The summed E-state index contributed by atoms with van der Waals surface area (Å²) in [5.74, 6) is -0.513. The Labute approximate surface area is 138 Å². The zero-order chi connectivity index (χ0) is 16.3. The molecule has 1 aliphatic heterocycles. The lowest BCUT2D eigenvalue weighted by atomic mass is 9.73. The largest absolute Gasteiger partial charge is 0.459 e. The third-order valence-electron chi connectivity index (χ3n) is 5.34. The van der Waals surface area contributed by atoms with Crippen molar-refractivity contribution in [2.45, 2.75) is 50.2 Å². The van der Waals surface area contributed by atoms with Crippen LogP contribution in [0.3, 0.4) is 0 Å². The lowest BCUT2D eigenvalue weighted by Crippen LogP contribution is -2.46. The lowest BCUT2D eigenvalue weighted by Gasteiger charge is -2.37. The van der Waals surface area contributed by atoms with Crippen LogP contribution < -0.4 is 0 Å². The molecule has 1 heterocycles. The molecular weight excluding hydrogens is 290 g/mol. The zero-order valence-electron chi connectivity index (χ0n) is 13.9. The van der Waals surface area contributed by atoms with Gasteiger partial charge < -0.3 is 14.7 Å². The van der Waals surface area contributed by atoms with Gasteiger partial charge in [-0.05, 0) is 31.9 Å². The lowest BCUT2D eigenvalue weighted by molar-refractivity contribution is -0.180. The predicted octanol–water partition coefficient (Wildman–Crippen LogP) is 2.70. The SMILES string of the molecule is CN1CC[C@H](OC(=O)C(O)(c2ccccc2)C2CCCCC2)C1. The molecule has 2 atom stereocenters. The number of hydrogen-bond donors (Lipinski definition) is 1. The highest BCUT2D eigenvalue weighted by Crippen LogP contribution is 2.40. The van der Waals surface area contributed by atoms with Gasteiger partial charge in [0.1, 0.15) is 6.10 Å². The van der Waals surface area contributed by atoms with Crippen LogP contribution in [0.4, 0.5) is 0 Å². The topological polar surface area (TPSA) is 49.8 Å². The van der Waals surface area contributed by atoms with Crippen molar-refractivity contribution < 1.29 is 14.6 Å². The molecule has 4 heteroatoms. The van der Waals surface area contributed by atoms with E-state index in [4.69, 9.17) is 4.74 Å². The molecular formula is C19H27NO3. The molecule has 2 aliphatic rings. The van der Waals surface area contributed by atoms with Gasteiger partial charge in [0.25, 0.3) is 0 Å². The summed E-state index contributed by atoms with van der Waals surface area (Å²) in [5, 5.41) is 11.4. The van der Waals surface area contributed by atoms with Gasteiger partial charge in [0.2, 0.25) is 0 Å². The summed E-state index contributed by atoms with van der Waals surface area (Å²) in [5.41, 5.74) is -0.841. The fourth-order valence-electron chi connectivity index (χ4n) is 3.96. The van der Waals surface area contributed by atoms with Crippen LogP contribution in [0, 0.1) is 5.92 Å². The van der Waals surface area contributed by atoms with Gasteiger partial charge in [0, 0.05) is 19.0 Å². The minimum Gasteiger partial charge on any atom is -0.459 e. The molecule has 0 amide bonds. The number of carbonyl (C=O) groups excluding carboxylic acids is 1. The Kier molecular flexibility index (Phi) is 5.02. The summed E-state index contributed by atoms with van der Waals surface area (Å²) in [6.45, 7) is 1.69. The van der Waals surface area contributed by atoms with E-state index in [0.29, 0.717) is 5.56 Å². The van der Waals surface area contributed by atoms with Crippen molar-refractivity contribution in [3.8, 4) is 0 Å². The summed E-state index contributed by atoms with van der Waals surface area (Å²) in [6.07, 6.45) is 5.82. The summed E-state index contributed by atoms with van der Waals surface area (Å²) in [7, 11) is 2.03. The fourth-order valence-corrected chi connectivity index (χ4v) is 3.96. The minimum atomic E-state index is -1.51. The molecule has 1 saturated carbocycles. The number of benzene rings is 1. The van der Waals surface area contributed by atoms with E-state index in [2.05, 4.69) is 4.90 Å². The summed E-state index contributed by atoms with van der Waals surface area (Å²) >= 11 is 0. The van der Waals surface area contributed by atoms with Crippen molar-refractivity contribution in [3.63, 3.8) is 0 Å². The van der Waals surface area contributed by atoms with E-state index < -0.39 is 11.6 Å². The number of carbonyl (C=O) groups is 1. The first-order valence-corrected chi connectivity index (χ1v) is 8.78. The first-order chi connectivity index (χ1) is 11.1. The number of rotatable bonds is 4. The molecule has 0 bridgehead atoms. The summed E-state index contributed by atoms with van der Waals surface area (Å²) < 4.78 is 5.72. The van der Waals surface area contributed by atoms with Crippen LogP contribution in [-0.4, -0.2) is 42.2 Å². The number of esters is 1. The van der Waals surface area contributed by atoms with E-state index in [-0.39, 0.29) is 12.0 Å². The first kappa shape index (κ1) is 16.5. The van der Waals surface area contributed by atoms with E-state index in [1.807, 2.05) is 37.4 Å². The van der Waals surface area contributed by atoms with Gasteiger partial charge in [-0.15, -0.1) is 0 Å². The number of likely N-dealkylation sites (N-methyl/N-ethyl adjacent to an activating group) is 1. The van der Waals surface area contributed by atoms with Crippen LogP contribution in [-0.2, 0) is 15.1 Å². The average molecular weight is 317 g/mol. The average Bonchev–Trinajstić information content (AvgIpc) is 3.00. The van der Waals surface area contributed by atoms with Gasteiger partial charge in [-0.2, -0.15) is 0 Å². The molecule has 1 aliphatic carbocycles. The molecule has 0 aromatic heterocycles. The first-order valence-electron chi connectivity index (χ1n) is 8.78. The van der Waals surface area contributed by atoms with Crippen LogP contribution in [0.25, 0.3) is 0 Å². The van der Waals surface area contributed by atoms with Gasteiger partial charge in [0.15, 0.2) is 5.60 Å². The zero-order valence-corrected chi connectivity index (χ0v) is 13.9. The maximum atomic E-state index is 12.9. The molecule has 1 unspecified atom stereocenters. The number of likely N-dealkylation sites (tertiary alicyclic amines) is 1. The van der Waals surface area contributed by atoms with Crippen molar-refractivity contribution in [3.05, 3.63) is 35.9 Å². The van der Waals surface area contributed by atoms with Crippen LogP contribution in [0.2, 0.25) is 0 Å². The molecule has 1 aromatic rings. The molecule has 0 spiro atoms. The second-order valence-corrected chi connectivity index (χ2v) is 7.05. The molecule has 0 radical (unpaired) electrons. The predicted molar refractivity (Wildman–Crippen MR) is 88.9 cm³/mol. The van der Waals surface area contributed by atoms with E-state index in [0.717, 1.165) is 45.2 Å². The minimum absolute atomic E-state index is 0.0507. The van der Waals surface area contributed by atoms with Crippen molar-refractivity contribution in [1.82, 2.24) is 4.90 Å². The highest BCUT2D eigenvalue weighted by Gasteiger charge is 2.48. The third-order valence-corrected chi connectivity index (χ3v) is 5.34. The monoisotopic (exact) mass is 317 g/mol. The van der Waals surface area contributed by atoms with Crippen molar-refractivity contribution in [2.24, 2.45) is 5.92 Å². The Hall–Kier alpha value is -1.39. The van der Waals surface area contributed by atoms with E-state index >= 15 is 0 Å². The van der Waals surface area contributed by atoms with E-state index in [1.165, 1.54) is 6.42 Å². The van der Waals surface area contributed by atoms with Gasteiger partial charge in [-0.1, -0.05) is 49.6 Å². The van der Waals surface area contributed by atoms with Crippen LogP contribution in [0.5, 0.6) is 0 Å². The second kappa shape index (κ2) is 7.02. The number of aliphatic hydroxyl groups is 1. The van der Waals surface area contributed by atoms with Crippen molar-refractivity contribution in [2.75, 3.05) is 20.1 Å². The van der Waals surface area contributed by atoms with Crippen molar-refractivity contribution in [1.29, 1.82) is 0 Å².